The van der Waals surface area contributed by atoms with Crippen LogP contribution in [0.4, 0.5) is 5.69 Å². The van der Waals surface area contributed by atoms with E-state index in [-0.39, 0.29) is 23.5 Å². The van der Waals surface area contributed by atoms with Gasteiger partial charge in [0, 0.05) is 22.8 Å². The van der Waals surface area contributed by atoms with Crippen LogP contribution >= 0.6 is 15.9 Å². The zero-order chi connectivity index (χ0) is 14.8. The number of aliphatic hydroxyl groups is 1. The van der Waals surface area contributed by atoms with Crippen molar-refractivity contribution in [2.24, 2.45) is 5.92 Å². The molecule has 0 amide bonds. The fourth-order valence-electron chi connectivity index (χ4n) is 1.54. The van der Waals surface area contributed by atoms with Crippen LogP contribution in [0.15, 0.2) is 21.5 Å². The van der Waals surface area contributed by atoms with Gasteiger partial charge in [0.25, 0.3) is 0 Å². The quantitative estimate of drug-likeness (QED) is 0.703. The Labute approximate surface area is 122 Å². The van der Waals surface area contributed by atoms with Crippen LogP contribution in [-0.2, 0) is 10.0 Å². The molecule has 0 aliphatic carbocycles. The Morgan fingerprint density at radius 2 is 2.00 bits per heavy atom. The Bertz CT molecular complexity index is 560. The Kier molecular flexibility index (Phi) is 5.37. The van der Waals surface area contributed by atoms with Crippen LogP contribution in [0.5, 0.6) is 0 Å². The Morgan fingerprint density at radius 1 is 1.42 bits per heavy atom. The second kappa shape index (κ2) is 6.21. The molecule has 5 nitrogen and oxygen atoms in total. The van der Waals surface area contributed by atoms with E-state index >= 15 is 0 Å². The summed E-state index contributed by atoms with van der Waals surface area (Å²) < 4.78 is 27.8. The van der Waals surface area contributed by atoms with Crippen LogP contribution in [0, 0.1) is 12.8 Å². The summed E-state index contributed by atoms with van der Waals surface area (Å²) in [6, 6.07) is 2.81. The molecule has 0 aliphatic rings. The first-order valence-electron chi connectivity index (χ1n) is 5.88. The molecule has 1 rings (SSSR count). The van der Waals surface area contributed by atoms with Crippen molar-refractivity contribution in [3.05, 3.63) is 22.2 Å². The molecule has 0 saturated carbocycles. The van der Waals surface area contributed by atoms with E-state index in [9.17, 15) is 8.42 Å². The lowest BCUT2D eigenvalue weighted by Crippen LogP contribution is -2.38. The first kappa shape index (κ1) is 16.4. The number of aliphatic hydroxyl groups excluding tert-OH is 1. The molecular weight excluding hydrogens is 332 g/mol. The number of halogens is 1. The summed E-state index contributed by atoms with van der Waals surface area (Å²) in [5.74, 6) is -0.167. The van der Waals surface area contributed by atoms with Crippen molar-refractivity contribution in [2.75, 3.05) is 12.3 Å². The number of benzene rings is 1. The van der Waals surface area contributed by atoms with Crippen LogP contribution in [0.25, 0.3) is 0 Å². The van der Waals surface area contributed by atoms with Gasteiger partial charge in [-0.3, -0.25) is 0 Å². The normalized spacial score (nSPS) is 15.2. The predicted octanol–water partition coefficient (Wildman–Crippen LogP) is 1.63. The molecule has 0 bridgehead atoms. The lowest BCUT2D eigenvalue weighted by molar-refractivity contribution is 0.216. The highest BCUT2D eigenvalue weighted by Crippen LogP contribution is 2.26. The van der Waals surface area contributed by atoms with Gasteiger partial charge in [0.05, 0.1) is 4.90 Å². The van der Waals surface area contributed by atoms with Gasteiger partial charge < -0.3 is 10.8 Å². The van der Waals surface area contributed by atoms with Crippen molar-refractivity contribution < 1.29 is 13.5 Å². The molecule has 0 aromatic heterocycles. The third-order valence-electron chi connectivity index (χ3n) is 3.14. The SMILES string of the molecule is Cc1c(N)cc(Br)cc1S(=O)(=O)NC(C)C(C)CO. The smallest absolute Gasteiger partial charge is 0.241 e. The van der Waals surface area contributed by atoms with Crippen molar-refractivity contribution in [3.8, 4) is 0 Å². The standard InChI is InChI=1S/C12H19BrN2O3S/c1-7(6-16)9(3)15-19(17,18)12-5-10(13)4-11(14)8(12)2/h4-5,7,9,15-16H,6,14H2,1-3H3. The fourth-order valence-corrected chi connectivity index (χ4v) is 3.81. The maximum absolute atomic E-state index is 12.3. The number of nitrogens with two attached hydrogens (primary N) is 1. The number of nitrogens with one attached hydrogen (secondary N) is 1. The molecule has 7 heteroatoms. The number of sulfonamides is 1. The van der Waals surface area contributed by atoms with Gasteiger partial charge in [-0.1, -0.05) is 22.9 Å². The summed E-state index contributed by atoms with van der Waals surface area (Å²) in [5, 5.41) is 9.05. The summed E-state index contributed by atoms with van der Waals surface area (Å²) in [7, 11) is -3.66. The largest absolute Gasteiger partial charge is 0.398 e. The highest BCUT2D eigenvalue weighted by Gasteiger charge is 2.23. The molecule has 1 aromatic carbocycles. The summed E-state index contributed by atoms with van der Waals surface area (Å²) in [5.41, 5.74) is 6.70. The minimum Gasteiger partial charge on any atom is -0.398 e. The molecular formula is C12H19BrN2O3S. The topological polar surface area (TPSA) is 92.4 Å². The molecule has 19 heavy (non-hydrogen) atoms. The minimum atomic E-state index is -3.66. The van der Waals surface area contributed by atoms with Crippen molar-refractivity contribution in [1.29, 1.82) is 0 Å². The van der Waals surface area contributed by atoms with Gasteiger partial charge in [-0.15, -0.1) is 0 Å². The van der Waals surface area contributed by atoms with E-state index in [1.54, 1.807) is 26.8 Å². The molecule has 0 saturated heterocycles. The number of nitrogen functional groups attached to an aromatic ring is 1. The van der Waals surface area contributed by atoms with Crippen LogP contribution in [0.1, 0.15) is 19.4 Å². The predicted molar refractivity (Wildman–Crippen MR) is 79.3 cm³/mol. The minimum absolute atomic E-state index is 0.0801. The first-order valence-corrected chi connectivity index (χ1v) is 8.15. The van der Waals surface area contributed by atoms with Crippen LogP contribution in [0.2, 0.25) is 0 Å². The summed E-state index contributed by atoms with van der Waals surface area (Å²) in [4.78, 5) is 0.149. The summed E-state index contributed by atoms with van der Waals surface area (Å²) in [6.07, 6.45) is 0. The van der Waals surface area contributed by atoms with Gasteiger partial charge in [0.1, 0.15) is 0 Å². The van der Waals surface area contributed by atoms with Gasteiger partial charge in [-0.25, -0.2) is 13.1 Å². The van der Waals surface area contributed by atoms with Gasteiger partial charge in [-0.2, -0.15) is 0 Å². The molecule has 0 radical (unpaired) electrons. The van der Waals surface area contributed by atoms with Crippen LogP contribution in [-0.4, -0.2) is 26.2 Å². The van der Waals surface area contributed by atoms with E-state index in [0.29, 0.717) is 15.7 Å². The van der Waals surface area contributed by atoms with E-state index in [4.69, 9.17) is 10.8 Å². The maximum Gasteiger partial charge on any atom is 0.241 e. The number of hydrogen-bond acceptors (Lipinski definition) is 4. The lowest BCUT2D eigenvalue weighted by Gasteiger charge is -2.20. The zero-order valence-electron chi connectivity index (χ0n) is 11.1. The molecule has 108 valence electrons. The molecule has 0 heterocycles. The van der Waals surface area contributed by atoms with Gasteiger partial charge in [-0.05, 0) is 37.5 Å². The summed E-state index contributed by atoms with van der Waals surface area (Å²) in [6.45, 7) is 5.07. The van der Waals surface area contributed by atoms with Crippen LogP contribution in [0.3, 0.4) is 0 Å². The average molecular weight is 351 g/mol. The molecule has 0 spiro atoms. The first-order chi connectivity index (χ1) is 8.69. The molecule has 1 aromatic rings. The Morgan fingerprint density at radius 3 is 2.53 bits per heavy atom. The average Bonchev–Trinajstić information content (AvgIpc) is 2.31. The zero-order valence-corrected chi connectivity index (χ0v) is 13.5. The molecule has 2 unspecified atom stereocenters. The third-order valence-corrected chi connectivity index (χ3v) is 5.28. The highest BCUT2D eigenvalue weighted by molar-refractivity contribution is 9.10. The van der Waals surface area contributed by atoms with Crippen molar-refractivity contribution in [2.45, 2.75) is 31.7 Å². The second-order valence-corrected chi connectivity index (χ2v) is 7.29. The van der Waals surface area contributed by atoms with Gasteiger partial charge in [0.2, 0.25) is 10.0 Å². The van der Waals surface area contributed by atoms with Crippen molar-refractivity contribution in [3.63, 3.8) is 0 Å². The molecule has 0 aliphatic heterocycles. The second-order valence-electron chi connectivity index (χ2n) is 4.69. The molecule has 0 fully saturated rings. The maximum atomic E-state index is 12.3. The fraction of sp³-hybridized carbons (Fsp3) is 0.500. The summed E-state index contributed by atoms with van der Waals surface area (Å²) >= 11 is 3.24. The number of hydrogen-bond donors (Lipinski definition) is 3. The van der Waals surface area contributed by atoms with E-state index in [0.717, 1.165) is 0 Å². The lowest BCUT2D eigenvalue weighted by atomic mass is 10.1. The van der Waals surface area contributed by atoms with Gasteiger partial charge in [0.15, 0.2) is 0 Å². The Hall–Kier alpha value is -0.630. The molecule has 2 atom stereocenters. The van der Waals surface area contributed by atoms with Gasteiger partial charge >= 0.3 is 0 Å². The van der Waals surface area contributed by atoms with Crippen molar-refractivity contribution in [1.82, 2.24) is 4.72 Å². The van der Waals surface area contributed by atoms with E-state index in [1.165, 1.54) is 6.07 Å². The Balaban J connectivity index is 3.14. The van der Waals surface area contributed by atoms with E-state index in [1.807, 2.05) is 0 Å². The van der Waals surface area contributed by atoms with Crippen molar-refractivity contribution >= 4 is 31.6 Å². The van der Waals surface area contributed by atoms with E-state index < -0.39 is 10.0 Å². The van der Waals surface area contributed by atoms with E-state index in [2.05, 4.69) is 20.7 Å². The monoisotopic (exact) mass is 350 g/mol. The molecule has 4 N–H and O–H groups in total. The number of anilines is 1. The van der Waals surface area contributed by atoms with Crippen LogP contribution < -0.4 is 10.5 Å². The third kappa shape index (κ3) is 3.92. The number of rotatable bonds is 5. The highest BCUT2D eigenvalue weighted by atomic mass is 79.9.